The average Bonchev–Trinajstić information content (AvgIpc) is 3.20. The van der Waals surface area contributed by atoms with Crippen LogP contribution in [0.4, 0.5) is 10.8 Å². The van der Waals surface area contributed by atoms with Gasteiger partial charge in [0.1, 0.15) is 0 Å². The first-order chi connectivity index (χ1) is 15.8. The van der Waals surface area contributed by atoms with Crippen LogP contribution in [0.1, 0.15) is 23.2 Å². The lowest BCUT2D eigenvalue weighted by atomic mass is 10.2. The Morgan fingerprint density at radius 2 is 1.76 bits per heavy atom. The lowest BCUT2D eigenvalue weighted by Gasteiger charge is -2.20. The highest BCUT2D eigenvalue weighted by atomic mass is 32.2. The molecule has 0 unspecified atom stereocenters. The number of thiazole rings is 1. The van der Waals surface area contributed by atoms with E-state index in [1.807, 2.05) is 12.1 Å². The zero-order valence-electron chi connectivity index (χ0n) is 17.0. The molecule has 0 aliphatic heterocycles. The van der Waals surface area contributed by atoms with Gasteiger partial charge >= 0.3 is 0 Å². The first-order valence-electron chi connectivity index (χ1n) is 9.46. The lowest BCUT2D eigenvalue weighted by molar-refractivity contribution is -0.384. The number of fused-ring (bicyclic) bond motifs is 1. The molecule has 0 spiro atoms. The molecule has 0 aliphatic carbocycles. The van der Waals surface area contributed by atoms with E-state index in [2.05, 4.69) is 10.3 Å². The molecular formula is C20H16N6O5S2. The first kappa shape index (κ1) is 23.7. The number of nitrogens with one attached hydrogen (secondary N) is 1. The third kappa shape index (κ3) is 5.48. The Bertz CT molecular complexity index is 1370. The highest BCUT2D eigenvalue weighted by molar-refractivity contribution is 7.89. The van der Waals surface area contributed by atoms with Crippen LogP contribution in [0.3, 0.4) is 0 Å². The Hall–Kier alpha value is -3.91. The minimum absolute atomic E-state index is 0.0174. The van der Waals surface area contributed by atoms with E-state index in [0.717, 1.165) is 15.6 Å². The van der Waals surface area contributed by atoms with Crippen molar-refractivity contribution in [2.75, 3.05) is 18.4 Å². The van der Waals surface area contributed by atoms with Crippen LogP contribution in [0.15, 0.2) is 47.4 Å². The van der Waals surface area contributed by atoms with Gasteiger partial charge < -0.3 is 0 Å². The maximum absolute atomic E-state index is 12.8. The molecule has 1 heterocycles. The van der Waals surface area contributed by atoms with Crippen molar-refractivity contribution in [2.24, 2.45) is 0 Å². The smallest absolute Gasteiger partial charge is 0.270 e. The molecule has 3 rings (SSSR count). The highest BCUT2D eigenvalue weighted by Crippen LogP contribution is 2.29. The molecule has 0 saturated carbocycles. The summed E-state index contributed by atoms with van der Waals surface area (Å²) in [5, 5.41) is 31.3. The van der Waals surface area contributed by atoms with Crippen LogP contribution in [0.5, 0.6) is 0 Å². The van der Waals surface area contributed by atoms with Gasteiger partial charge in [-0.25, -0.2) is 13.4 Å². The second-order valence-corrected chi connectivity index (χ2v) is 9.60. The van der Waals surface area contributed by atoms with Crippen molar-refractivity contribution >= 4 is 48.3 Å². The van der Waals surface area contributed by atoms with Crippen LogP contribution in [0.2, 0.25) is 0 Å². The topological polar surface area (TPSA) is 170 Å². The van der Waals surface area contributed by atoms with Gasteiger partial charge in [0.25, 0.3) is 11.6 Å². The van der Waals surface area contributed by atoms with Crippen molar-refractivity contribution < 1.29 is 18.1 Å². The molecule has 0 atom stereocenters. The number of aromatic nitrogens is 1. The molecule has 3 aromatic rings. The second kappa shape index (κ2) is 10.1. The number of nitro groups is 1. The quantitative estimate of drug-likeness (QED) is 0.356. The number of benzene rings is 2. The van der Waals surface area contributed by atoms with Gasteiger partial charge in [-0.1, -0.05) is 11.3 Å². The highest BCUT2D eigenvalue weighted by Gasteiger charge is 2.24. The second-order valence-electron chi connectivity index (χ2n) is 6.63. The molecule has 11 nitrogen and oxygen atoms in total. The standard InChI is InChI=1S/C20H16N6O5S2/c21-9-1-11-25(12-2-10-22)33(30,31)16-6-3-14(4-7-16)19(27)24-20-23-17-8-5-15(26(28)29)13-18(17)32-20/h3-8,13H,1-2,11-12H2,(H,23,24,27). The van der Waals surface area contributed by atoms with Gasteiger partial charge in [-0.2, -0.15) is 14.8 Å². The fraction of sp³-hybridized carbons (Fsp3) is 0.200. The fourth-order valence-electron chi connectivity index (χ4n) is 2.88. The van der Waals surface area contributed by atoms with Crippen molar-refractivity contribution in [3.63, 3.8) is 0 Å². The molecule has 0 radical (unpaired) electrons. The number of hydrogen-bond acceptors (Lipinski definition) is 9. The number of carbonyl (C=O) groups is 1. The molecule has 168 valence electrons. The largest absolute Gasteiger partial charge is 0.298 e. The minimum Gasteiger partial charge on any atom is -0.298 e. The van der Waals surface area contributed by atoms with E-state index in [0.29, 0.717) is 10.2 Å². The van der Waals surface area contributed by atoms with Crippen LogP contribution >= 0.6 is 11.3 Å². The Labute approximate surface area is 192 Å². The van der Waals surface area contributed by atoms with Gasteiger partial charge in [-0.05, 0) is 30.3 Å². The van der Waals surface area contributed by atoms with Gasteiger partial charge in [-0.3, -0.25) is 20.2 Å². The van der Waals surface area contributed by atoms with E-state index < -0.39 is 20.9 Å². The SMILES string of the molecule is N#CCCN(CCC#N)S(=O)(=O)c1ccc(C(=O)Nc2nc3ccc([N+](=O)[O-])cc3s2)cc1. The number of rotatable bonds is 9. The predicted molar refractivity (Wildman–Crippen MR) is 120 cm³/mol. The number of sulfonamides is 1. The summed E-state index contributed by atoms with van der Waals surface area (Å²) in [6.45, 7) is -0.0863. The Balaban J connectivity index is 1.77. The zero-order valence-corrected chi connectivity index (χ0v) is 18.6. The first-order valence-corrected chi connectivity index (χ1v) is 11.7. The number of non-ortho nitro benzene ring substituents is 1. The van der Waals surface area contributed by atoms with Crippen LogP contribution in [-0.2, 0) is 10.0 Å². The molecule has 13 heteroatoms. The summed E-state index contributed by atoms with van der Waals surface area (Å²) in [5.41, 5.74) is 0.594. The molecule has 0 aliphatic rings. The third-order valence-corrected chi connectivity index (χ3v) is 7.35. The summed E-state index contributed by atoms with van der Waals surface area (Å²) in [4.78, 5) is 27.1. The minimum atomic E-state index is -3.94. The molecule has 0 saturated heterocycles. The van der Waals surface area contributed by atoms with Crippen molar-refractivity contribution in [1.29, 1.82) is 10.5 Å². The molecule has 33 heavy (non-hydrogen) atoms. The van der Waals surface area contributed by atoms with Crippen molar-refractivity contribution in [1.82, 2.24) is 9.29 Å². The monoisotopic (exact) mass is 484 g/mol. The van der Waals surface area contributed by atoms with Crippen LogP contribution in [-0.4, -0.2) is 41.6 Å². The number of amides is 1. The molecule has 1 amide bonds. The zero-order chi connectivity index (χ0) is 24.0. The number of nitro benzene ring substituents is 1. The number of hydrogen-bond donors (Lipinski definition) is 1. The molecular weight excluding hydrogens is 468 g/mol. The van der Waals surface area contributed by atoms with Crippen molar-refractivity contribution in [3.05, 3.63) is 58.1 Å². The molecule has 1 aromatic heterocycles. The third-order valence-electron chi connectivity index (χ3n) is 4.50. The Morgan fingerprint density at radius 1 is 1.12 bits per heavy atom. The van der Waals surface area contributed by atoms with E-state index in [-0.39, 0.29) is 47.2 Å². The maximum Gasteiger partial charge on any atom is 0.270 e. The summed E-state index contributed by atoms with van der Waals surface area (Å²) in [6, 6.07) is 13.2. The fourth-order valence-corrected chi connectivity index (χ4v) is 5.21. The summed E-state index contributed by atoms with van der Waals surface area (Å²) in [6.07, 6.45) is -0.0348. The van der Waals surface area contributed by atoms with Gasteiger partial charge in [0.05, 0.1) is 32.2 Å². The van der Waals surface area contributed by atoms with Gasteiger partial charge in [0.2, 0.25) is 10.0 Å². The summed E-state index contributed by atoms with van der Waals surface area (Å²) in [5.74, 6) is -0.529. The van der Waals surface area contributed by atoms with Gasteiger partial charge in [0, 0.05) is 43.6 Å². The van der Waals surface area contributed by atoms with Crippen LogP contribution in [0.25, 0.3) is 10.2 Å². The number of carbonyl (C=O) groups excluding carboxylic acids is 1. The van der Waals surface area contributed by atoms with Crippen molar-refractivity contribution in [2.45, 2.75) is 17.7 Å². The van der Waals surface area contributed by atoms with E-state index in [1.54, 1.807) is 0 Å². The average molecular weight is 485 g/mol. The summed E-state index contributed by atoms with van der Waals surface area (Å²) in [7, 11) is -3.94. The Kier molecular flexibility index (Phi) is 7.30. The van der Waals surface area contributed by atoms with E-state index in [1.165, 1.54) is 42.5 Å². The van der Waals surface area contributed by atoms with Gasteiger partial charge in [0.15, 0.2) is 5.13 Å². The van der Waals surface area contributed by atoms with E-state index >= 15 is 0 Å². The number of nitriles is 2. The van der Waals surface area contributed by atoms with E-state index in [4.69, 9.17) is 10.5 Å². The number of anilines is 1. The molecule has 1 N–H and O–H groups in total. The normalized spacial score (nSPS) is 11.1. The molecule has 2 aromatic carbocycles. The lowest BCUT2D eigenvalue weighted by Crippen LogP contribution is -2.32. The maximum atomic E-state index is 12.8. The van der Waals surface area contributed by atoms with Crippen LogP contribution < -0.4 is 5.32 Å². The molecule has 0 bridgehead atoms. The summed E-state index contributed by atoms with van der Waals surface area (Å²) >= 11 is 1.08. The van der Waals surface area contributed by atoms with E-state index in [9.17, 15) is 23.3 Å². The molecule has 0 fully saturated rings. The van der Waals surface area contributed by atoms with Crippen LogP contribution in [0, 0.1) is 32.8 Å². The number of nitrogens with zero attached hydrogens (tertiary/aromatic N) is 5. The van der Waals surface area contributed by atoms with Gasteiger partial charge in [-0.15, -0.1) is 0 Å². The van der Waals surface area contributed by atoms with Crippen molar-refractivity contribution in [3.8, 4) is 12.1 Å². The Morgan fingerprint density at radius 3 is 2.33 bits per heavy atom. The predicted octanol–water partition coefficient (Wildman–Crippen LogP) is 3.27. The summed E-state index contributed by atoms with van der Waals surface area (Å²) < 4.78 is 27.3.